The molecular weight excluding hydrogens is 270 g/mol. The van der Waals surface area contributed by atoms with E-state index in [1.807, 2.05) is 18.4 Å². The summed E-state index contributed by atoms with van der Waals surface area (Å²) in [5.41, 5.74) is 1.02. The first kappa shape index (κ1) is 15.4. The highest BCUT2D eigenvalue weighted by Gasteiger charge is 2.41. The zero-order chi connectivity index (χ0) is 13.8. The molecule has 2 nitrogen and oxygen atoms in total. The summed E-state index contributed by atoms with van der Waals surface area (Å²) >= 11 is 1.47. The van der Waals surface area contributed by atoms with Crippen molar-refractivity contribution in [1.29, 1.82) is 0 Å². The van der Waals surface area contributed by atoms with Gasteiger partial charge in [0.1, 0.15) is 6.61 Å². The summed E-state index contributed by atoms with van der Waals surface area (Å²) < 4.78 is 53.8. The summed E-state index contributed by atoms with van der Waals surface area (Å²) in [7, 11) is 1.67. The quantitative estimate of drug-likeness (QED) is 0.777. The molecule has 1 heterocycles. The van der Waals surface area contributed by atoms with Crippen molar-refractivity contribution in [2.45, 2.75) is 25.3 Å². The Balaban J connectivity index is 2.49. The van der Waals surface area contributed by atoms with Gasteiger partial charge in [-0.3, -0.25) is 0 Å². The molecule has 104 valence electrons. The van der Waals surface area contributed by atoms with Crippen molar-refractivity contribution in [2.24, 2.45) is 0 Å². The molecule has 7 heteroatoms. The van der Waals surface area contributed by atoms with Crippen LogP contribution in [0.5, 0.6) is 0 Å². The number of likely N-dealkylation sites (N-methyl/N-ethyl adjacent to an activating group) is 1. The summed E-state index contributed by atoms with van der Waals surface area (Å²) in [5.74, 6) is -4.09. The van der Waals surface area contributed by atoms with E-state index in [0.29, 0.717) is 0 Å². The molecule has 0 aliphatic carbocycles. The van der Waals surface area contributed by atoms with Gasteiger partial charge in [0.05, 0.1) is 12.6 Å². The van der Waals surface area contributed by atoms with E-state index in [9.17, 15) is 17.6 Å². The molecule has 1 rings (SSSR count). The molecule has 1 aromatic rings. The van der Waals surface area contributed by atoms with Crippen LogP contribution in [0, 0.1) is 6.92 Å². The highest BCUT2D eigenvalue weighted by Crippen LogP contribution is 2.26. The SMILES string of the molecule is CNC(COCC(F)(F)C(F)F)c1sccc1C. The predicted molar refractivity (Wildman–Crippen MR) is 62.6 cm³/mol. The Kier molecular flexibility index (Phi) is 5.55. The van der Waals surface area contributed by atoms with Crippen molar-refractivity contribution in [3.63, 3.8) is 0 Å². The second-order valence-corrected chi connectivity index (χ2v) is 4.83. The molecule has 0 aliphatic rings. The van der Waals surface area contributed by atoms with Crippen LogP contribution >= 0.6 is 11.3 Å². The molecule has 1 unspecified atom stereocenters. The third-order valence-corrected chi connectivity index (χ3v) is 3.60. The number of rotatable bonds is 7. The molecule has 0 radical (unpaired) electrons. The van der Waals surface area contributed by atoms with Crippen molar-refractivity contribution >= 4 is 11.3 Å². The third-order valence-electron chi connectivity index (χ3n) is 2.46. The standard InChI is InChI=1S/C11H15F4NOS/c1-7-3-4-18-9(7)8(16-2)5-17-6-11(14,15)10(12)13/h3-4,8,10,16H,5-6H2,1-2H3. The molecule has 0 fully saturated rings. The first-order chi connectivity index (χ1) is 8.38. The van der Waals surface area contributed by atoms with Crippen molar-refractivity contribution < 1.29 is 22.3 Å². The summed E-state index contributed by atoms with van der Waals surface area (Å²) in [6.45, 7) is 0.553. The van der Waals surface area contributed by atoms with Crippen LogP contribution in [0.1, 0.15) is 16.5 Å². The van der Waals surface area contributed by atoms with Gasteiger partial charge in [-0.05, 0) is 31.0 Å². The fourth-order valence-corrected chi connectivity index (χ4v) is 2.43. The lowest BCUT2D eigenvalue weighted by Gasteiger charge is -2.19. The summed E-state index contributed by atoms with van der Waals surface area (Å²) in [5, 5.41) is 4.79. The Labute approximate surface area is 107 Å². The number of aryl methyl sites for hydroxylation is 1. The number of thiophene rings is 1. The van der Waals surface area contributed by atoms with Gasteiger partial charge in [0.15, 0.2) is 0 Å². The Hall–Kier alpha value is -0.660. The topological polar surface area (TPSA) is 21.3 Å². The van der Waals surface area contributed by atoms with Gasteiger partial charge in [-0.25, -0.2) is 8.78 Å². The lowest BCUT2D eigenvalue weighted by molar-refractivity contribution is -0.167. The molecule has 1 N–H and O–H groups in total. The Morgan fingerprint density at radius 2 is 2.11 bits per heavy atom. The lowest BCUT2D eigenvalue weighted by Crippen LogP contribution is -2.34. The molecule has 0 spiro atoms. The molecule has 0 amide bonds. The van der Waals surface area contributed by atoms with Gasteiger partial charge in [0.25, 0.3) is 0 Å². The fraction of sp³-hybridized carbons (Fsp3) is 0.636. The second kappa shape index (κ2) is 6.49. The number of nitrogens with one attached hydrogen (secondary N) is 1. The first-order valence-electron chi connectivity index (χ1n) is 5.33. The molecule has 18 heavy (non-hydrogen) atoms. The van der Waals surface area contributed by atoms with Crippen LogP contribution in [0.3, 0.4) is 0 Å². The van der Waals surface area contributed by atoms with Crippen LogP contribution in [0.2, 0.25) is 0 Å². The maximum Gasteiger partial charge on any atom is 0.330 e. The maximum absolute atomic E-state index is 12.6. The molecule has 0 aromatic carbocycles. The van der Waals surface area contributed by atoms with E-state index < -0.39 is 19.0 Å². The minimum absolute atomic E-state index is 0.0693. The van der Waals surface area contributed by atoms with Crippen LogP contribution in [0.15, 0.2) is 11.4 Å². The van der Waals surface area contributed by atoms with Crippen molar-refractivity contribution in [1.82, 2.24) is 5.32 Å². The van der Waals surface area contributed by atoms with Gasteiger partial charge in [-0.15, -0.1) is 11.3 Å². The van der Waals surface area contributed by atoms with E-state index >= 15 is 0 Å². The maximum atomic E-state index is 12.6. The van der Waals surface area contributed by atoms with Gasteiger partial charge in [0, 0.05) is 4.88 Å². The highest BCUT2D eigenvalue weighted by atomic mass is 32.1. The second-order valence-electron chi connectivity index (χ2n) is 3.89. The van der Waals surface area contributed by atoms with Crippen molar-refractivity contribution in [3.05, 3.63) is 21.9 Å². The van der Waals surface area contributed by atoms with Crippen LogP contribution in [-0.4, -0.2) is 32.6 Å². The average molecular weight is 285 g/mol. The minimum Gasteiger partial charge on any atom is -0.373 e. The molecule has 1 aromatic heterocycles. The summed E-state index contributed by atoms with van der Waals surface area (Å²) in [6, 6.07) is 1.64. The van der Waals surface area contributed by atoms with E-state index in [1.54, 1.807) is 7.05 Å². The molecule has 0 saturated carbocycles. The Bertz CT molecular complexity index is 370. The van der Waals surface area contributed by atoms with Crippen molar-refractivity contribution in [3.8, 4) is 0 Å². The number of ether oxygens (including phenoxy) is 1. The minimum atomic E-state index is -4.09. The van der Waals surface area contributed by atoms with E-state index in [4.69, 9.17) is 4.74 Å². The van der Waals surface area contributed by atoms with Crippen molar-refractivity contribution in [2.75, 3.05) is 20.3 Å². The van der Waals surface area contributed by atoms with E-state index in [2.05, 4.69) is 5.32 Å². The van der Waals surface area contributed by atoms with Crippen LogP contribution < -0.4 is 5.32 Å². The molecule has 1 atom stereocenters. The Morgan fingerprint density at radius 1 is 1.44 bits per heavy atom. The predicted octanol–water partition coefficient (Wildman–Crippen LogP) is 3.23. The van der Waals surface area contributed by atoms with Gasteiger partial charge >= 0.3 is 12.3 Å². The van der Waals surface area contributed by atoms with E-state index in [-0.39, 0.29) is 12.6 Å². The smallest absolute Gasteiger partial charge is 0.330 e. The van der Waals surface area contributed by atoms with E-state index in [1.165, 1.54) is 11.3 Å². The normalized spacial score (nSPS) is 14.2. The number of hydrogen-bond acceptors (Lipinski definition) is 3. The van der Waals surface area contributed by atoms with Gasteiger partial charge < -0.3 is 10.1 Å². The molecular formula is C11H15F4NOS. The summed E-state index contributed by atoms with van der Waals surface area (Å²) in [6.07, 6.45) is -3.70. The number of alkyl halides is 4. The number of hydrogen-bond donors (Lipinski definition) is 1. The third kappa shape index (κ3) is 3.93. The van der Waals surface area contributed by atoms with Crippen LogP contribution in [-0.2, 0) is 4.74 Å². The summed E-state index contributed by atoms with van der Waals surface area (Å²) in [4.78, 5) is 0.956. The van der Waals surface area contributed by atoms with Gasteiger partial charge in [-0.2, -0.15) is 8.78 Å². The average Bonchev–Trinajstić information content (AvgIpc) is 2.71. The zero-order valence-corrected chi connectivity index (χ0v) is 10.9. The first-order valence-corrected chi connectivity index (χ1v) is 6.21. The van der Waals surface area contributed by atoms with Gasteiger partial charge in [-0.1, -0.05) is 0 Å². The monoisotopic (exact) mass is 285 g/mol. The highest BCUT2D eigenvalue weighted by molar-refractivity contribution is 7.10. The fourth-order valence-electron chi connectivity index (χ4n) is 1.41. The molecule has 0 saturated heterocycles. The largest absolute Gasteiger partial charge is 0.373 e. The molecule has 0 bridgehead atoms. The van der Waals surface area contributed by atoms with E-state index in [0.717, 1.165) is 10.4 Å². The van der Waals surface area contributed by atoms with Crippen LogP contribution in [0.4, 0.5) is 17.6 Å². The number of halogens is 4. The van der Waals surface area contributed by atoms with Crippen LogP contribution in [0.25, 0.3) is 0 Å². The Morgan fingerprint density at radius 3 is 2.56 bits per heavy atom. The lowest BCUT2D eigenvalue weighted by atomic mass is 10.2. The molecule has 0 aliphatic heterocycles. The van der Waals surface area contributed by atoms with Gasteiger partial charge in [0.2, 0.25) is 0 Å². The zero-order valence-electron chi connectivity index (χ0n) is 10.1.